The minimum Gasteiger partial charge on any atom is -0.445 e. The standard InChI is InChI=1S/C20H25FN2O2/c1-14(2)18(24)23-9-5-8-20(3,13-23)19-22-12-17(25-19)11-15-6-4-7-16(21)10-15/h4,6-7,10,12,14H,5,8-9,11,13H2,1-3H3/t20-/m1/s1. The van der Waals surface area contributed by atoms with E-state index in [-0.39, 0.29) is 23.1 Å². The Hall–Kier alpha value is -2.17. The fourth-order valence-corrected chi connectivity index (χ4v) is 3.48. The summed E-state index contributed by atoms with van der Waals surface area (Å²) >= 11 is 0. The molecule has 134 valence electrons. The lowest BCUT2D eigenvalue weighted by molar-refractivity contribution is -0.136. The molecule has 0 bridgehead atoms. The van der Waals surface area contributed by atoms with Gasteiger partial charge in [-0.15, -0.1) is 0 Å². The van der Waals surface area contributed by atoms with Crippen molar-refractivity contribution in [3.05, 3.63) is 53.5 Å². The van der Waals surface area contributed by atoms with Crippen molar-refractivity contribution in [2.24, 2.45) is 5.92 Å². The van der Waals surface area contributed by atoms with E-state index >= 15 is 0 Å². The lowest BCUT2D eigenvalue weighted by atomic mass is 9.81. The number of rotatable bonds is 4. The third kappa shape index (κ3) is 3.91. The number of benzene rings is 1. The van der Waals surface area contributed by atoms with E-state index in [2.05, 4.69) is 11.9 Å². The quantitative estimate of drug-likeness (QED) is 0.844. The second-order valence-corrected chi connectivity index (χ2v) is 7.52. The summed E-state index contributed by atoms with van der Waals surface area (Å²) in [6.45, 7) is 7.38. The van der Waals surface area contributed by atoms with Crippen LogP contribution in [-0.4, -0.2) is 28.9 Å². The van der Waals surface area contributed by atoms with Gasteiger partial charge in [0, 0.05) is 25.4 Å². The van der Waals surface area contributed by atoms with E-state index in [1.54, 1.807) is 12.3 Å². The fraction of sp³-hybridized carbons (Fsp3) is 0.500. The van der Waals surface area contributed by atoms with Gasteiger partial charge in [0.05, 0.1) is 11.6 Å². The van der Waals surface area contributed by atoms with Crippen LogP contribution in [0.2, 0.25) is 0 Å². The molecule has 1 atom stereocenters. The van der Waals surface area contributed by atoms with Gasteiger partial charge in [-0.2, -0.15) is 0 Å². The fourth-order valence-electron chi connectivity index (χ4n) is 3.48. The summed E-state index contributed by atoms with van der Waals surface area (Å²) in [5.41, 5.74) is 0.580. The summed E-state index contributed by atoms with van der Waals surface area (Å²) in [6, 6.07) is 6.50. The van der Waals surface area contributed by atoms with Crippen LogP contribution < -0.4 is 0 Å². The number of oxazole rings is 1. The Morgan fingerprint density at radius 3 is 2.96 bits per heavy atom. The zero-order chi connectivity index (χ0) is 18.0. The van der Waals surface area contributed by atoms with Crippen molar-refractivity contribution in [3.8, 4) is 0 Å². The number of hydrogen-bond acceptors (Lipinski definition) is 3. The maximum Gasteiger partial charge on any atom is 0.225 e. The first-order chi connectivity index (χ1) is 11.9. The molecule has 0 radical (unpaired) electrons. The normalized spacial score (nSPS) is 20.9. The number of carbonyl (C=O) groups excluding carboxylic acids is 1. The van der Waals surface area contributed by atoms with Gasteiger partial charge >= 0.3 is 0 Å². The van der Waals surface area contributed by atoms with Crippen LogP contribution >= 0.6 is 0 Å². The number of likely N-dealkylation sites (tertiary alicyclic amines) is 1. The number of piperidine rings is 1. The molecular weight excluding hydrogens is 319 g/mol. The number of hydrogen-bond donors (Lipinski definition) is 0. The van der Waals surface area contributed by atoms with E-state index in [9.17, 15) is 9.18 Å². The number of amides is 1. The summed E-state index contributed by atoms with van der Waals surface area (Å²) < 4.78 is 19.3. The highest BCUT2D eigenvalue weighted by molar-refractivity contribution is 5.78. The zero-order valence-electron chi connectivity index (χ0n) is 15.1. The maximum absolute atomic E-state index is 13.3. The zero-order valence-corrected chi connectivity index (χ0v) is 15.1. The van der Waals surface area contributed by atoms with Crippen molar-refractivity contribution >= 4 is 5.91 Å². The highest BCUT2D eigenvalue weighted by Gasteiger charge is 2.38. The van der Waals surface area contributed by atoms with Gasteiger partial charge in [0.25, 0.3) is 0 Å². The summed E-state index contributed by atoms with van der Waals surface area (Å²) in [5.74, 6) is 1.31. The Bertz CT molecular complexity index is 756. The predicted octanol–water partition coefficient (Wildman–Crippen LogP) is 3.94. The number of aromatic nitrogens is 1. The highest BCUT2D eigenvalue weighted by Crippen LogP contribution is 2.34. The SMILES string of the molecule is CC(C)C(=O)N1CCC[C@@](C)(c2ncc(Cc3cccc(F)c3)o2)C1. The van der Waals surface area contributed by atoms with Gasteiger partial charge in [0.2, 0.25) is 11.8 Å². The molecule has 5 heteroatoms. The second kappa shape index (κ2) is 6.98. The van der Waals surface area contributed by atoms with Gasteiger partial charge in [-0.1, -0.05) is 26.0 Å². The van der Waals surface area contributed by atoms with E-state index in [1.165, 1.54) is 12.1 Å². The number of nitrogens with zero attached hydrogens (tertiary/aromatic N) is 2. The molecule has 1 amide bonds. The Morgan fingerprint density at radius 1 is 1.44 bits per heavy atom. The molecule has 1 aromatic heterocycles. The molecule has 1 aliphatic heterocycles. The molecule has 2 heterocycles. The third-order valence-electron chi connectivity index (χ3n) is 4.84. The van der Waals surface area contributed by atoms with Crippen LogP contribution in [0.5, 0.6) is 0 Å². The van der Waals surface area contributed by atoms with E-state index in [0.717, 1.165) is 24.9 Å². The molecule has 1 saturated heterocycles. The minimum atomic E-state index is -0.275. The van der Waals surface area contributed by atoms with Gasteiger partial charge in [-0.05, 0) is 37.5 Å². The van der Waals surface area contributed by atoms with Crippen molar-refractivity contribution in [1.29, 1.82) is 0 Å². The van der Waals surface area contributed by atoms with Crippen LogP contribution in [0, 0.1) is 11.7 Å². The summed E-state index contributed by atoms with van der Waals surface area (Å²) in [7, 11) is 0. The molecule has 3 rings (SSSR count). The third-order valence-corrected chi connectivity index (χ3v) is 4.84. The van der Waals surface area contributed by atoms with Gasteiger partial charge in [0.1, 0.15) is 11.6 Å². The molecule has 0 N–H and O–H groups in total. The Labute approximate surface area is 148 Å². The van der Waals surface area contributed by atoms with Gasteiger partial charge in [-0.3, -0.25) is 4.79 Å². The van der Waals surface area contributed by atoms with Crippen molar-refractivity contribution in [3.63, 3.8) is 0 Å². The van der Waals surface area contributed by atoms with E-state index in [0.29, 0.717) is 24.6 Å². The van der Waals surface area contributed by atoms with Crippen LogP contribution in [0.3, 0.4) is 0 Å². The molecule has 0 aliphatic carbocycles. The summed E-state index contributed by atoms with van der Waals surface area (Å²) in [6.07, 6.45) is 4.11. The maximum atomic E-state index is 13.3. The van der Waals surface area contributed by atoms with Crippen LogP contribution in [0.4, 0.5) is 4.39 Å². The summed E-state index contributed by atoms with van der Waals surface area (Å²) in [5, 5.41) is 0. The first kappa shape index (κ1) is 17.6. The first-order valence-corrected chi connectivity index (χ1v) is 8.86. The lowest BCUT2D eigenvalue weighted by Crippen LogP contribution is -2.48. The van der Waals surface area contributed by atoms with Gasteiger partial charge in [0.15, 0.2) is 0 Å². The monoisotopic (exact) mass is 344 g/mol. The average Bonchev–Trinajstić information content (AvgIpc) is 3.03. The number of halogens is 1. The molecule has 0 spiro atoms. The Kier molecular flexibility index (Phi) is 4.93. The summed E-state index contributed by atoms with van der Waals surface area (Å²) in [4.78, 5) is 18.7. The largest absolute Gasteiger partial charge is 0.445 e. The Morgan fingerprint density at radius 2 is 2.24 bits per heavy atom. The number of carbonyl (C=O) groups is 1. The molecule has 1 aromatic carbocycles. The van der Waals surface area contributed by atoms with Crippen LogP contribution in [-0.2, 0) is 16.6 Å². The lowest BCUT2D eigenvalue weighted by Gasteiger charge is -2.39. The molecule has 1 fully saturated rings. The van der Waals surface area contributed by atoms with Crippen molar-refractivity contribution in [2.75, 3.05) is 13.1 Å². The second-order valence-electron chi connectivity index (χ2n) is 7.52. The van der Waals surface area contributed by atoms with E-state index in [4.69, 9.17) is 4.42 Å². The van der Waals surface area contributed by atoms with Crippen molar-refractivity contribution in [2.45, 2.75) is 45.4 Å². The molecule has 25 heavy (non-hydrogen) atoms. The van der Waals surface area contributed by atoms with Crippen LogP contribution in [0.15, 0.2) is 34.9 Å². The molecule has 2 aromatic rings. The topological polar surface area (TPSA) is 46.3 Å². The Balaban J connectivity index is 1.75. The van der Waals surface area contributed by atoms with E-state index < -0.39 is 0 Å². The molecule has 0 unspecified atom stereocenters. The van der Waals surface area contributed by atoms with Gasteiger partial charge < -0.3 is 9.32 Å². The smallest absolute Gasteiger partial charge is 0.225 e. The molecule has 4 nitrogen and oxygen atoms in total. The minimum absolute atomic E-state index is 0.00421. The molecular formula is C20H25FN2O2. The molecule has 1 aliphatic rings. The molecule has 0 saturated carbocycles. The average molecular weight is 344 g/mol. The highest BCUT2D eigenvalue weighted by atomic mass is 19.1. The first-order valence-electron chi connectivity index (χ1n) is 8.86. The van der Waals surface area contributed by atoms with Crippen LogP contribution in [0.25, 0.3) is 0 Å². The predicted molar refractivity (Wildman–Crippen MR) is 93.7 cm³/mol. The van der Waals surface area contributed by atoms with Crippen molar-refractivity contribution in [1.82, 2.24) is 9.88 Å². The van der Waals surface area contributed by atoms with Crippen molar-refractivity contribution < 1.29 is 13.6 Å². The van der Waals surface area contributed by atoms with Gasteiger partial charge in [-0.25, -0.2) is 9.37 Å². The van der Waals surface area contributed by atoms with Crippen LogP contribution in [0.1, 0.15) is 50.8 Å². The van der Waals surface area contributed by atoms with E-state index in [1.807, 2.05) is 24.8 Å².